The van der Waals surface area contributed by atoms with Crippen molar-refractivity contribution in [3.8, 4) is 11.8 Å². The summed E-state index contributed by atoms with van der Waals surface area (Å²) in [5.74, 6) is 0. The molecule has 0 saturated carbocycles. The summed E-state index contributed by atoms with van der Waals surface area (Å²) in [6.07, 6.45) is 3.19. The minimum atomic E-state index is 0.430. The molecule has 2 N–H and O–H groups in total. The summed E-state index contributed by atoms with van der Waals surface area (Å²) in [4.78, 5) is 0. The second-order valence-electron chi connectivity index (χ2n) is 2.99. The van der Waals surface area contributed by atoms with Crippen LogP contribution < -0.4 is 5.73 Å². The maximum Gasteiger partial charge on any atom is 0.101 e. The Morgan fingerprint density at radius 2 is 2.27 bits per heavy atom. The van der Waals surface area contributed by atoms with Gasteiger partial charge >= 0.3 is 0 Å². The maximum atomic E-state index is 8.81. The highest BCUT2D eigenvalue weighted by atomic mass is 35.5. The lowest BCUT2D eigenvalue weighted by Crippen LogP contribution is -1.97. The number of halogens is 1. The van der Waals surface area contributed by atoms with Crippen LogP contribution in [0.3, 0.4) is 0 Å². The van der Waals surface area contributed by atoms with Gasteiger partial charge in [-0.25, -0.2) is 4.68 Å². The highest BCUT2D eigenvalue weighted by Gasteiger charge is 2.03. The molecule has 4 nitrogen and oxygen atoms in total. The van der Waals surface area contributed by atoms with Crippen molar-refractivity contribution in [3.05, 3.63) is 41.2 Å². The Bertz CT molecular complexity index is 539. The second-order valence-corrected chi connectivity index (χ2v) is 3.42. The zero-order chi connectivity index (χ0) is 10.8. The molecule has 0 amide bonds. The van der Waals surface area contributed by atoms with Crippen LogP contribution in [0, 0.1) is 11.3 Å². The van der Waals surface area contributed by atoms with Crippen LogP contribution in [0.5, 0.6) is 0 Å². The molecule has 74 valence electrons. The molecule has 2 rings (SSSR count). The van der Waals surface area contributed by atoms with Crippen LogP contribution in [0.25, 0.3) is 5.69 Å². The number of rotatable bonds is 1. The normalized spacial score (nSPS) is 9.87. The molecule has 1 aromatic heterocycles. The third kappa shape index (κ3) is 1.78. The van der Waals surface area contributed by atoms with E-state index >= 15 is 0 Å². The van der Waals surface area contributed by atoms with Crippen LogP contribution >= 0.6 is 11.6 Å². The van der Waals surface area contributed by atoms with Crippen molar-refractivity contribution in [1.82, 2.24) is 9.78 Å². The van der Waals surface area contributed by atoms with Crippen molar-refractivity contribution in [3.63, 3.8) is 0 Å². The van der Waals surface area contributed by atoms with Crippen molar-refractivity contribution in [1.29, 1.82) is 5.26 Å². The standard InChI is InChI=1S/C10H7ClN4/c11-8-5-14-15(6-8)9-1-2-10(13)7(3-9)4-12/h1-3,5-6H,13H2. The molecule has 15 heavy (non-hydrogen) atoms. The third-order valence-electron chi connectivity index (χ3n) is 1.97. The first-order valence-corrected chi connectivity index (χ1v) is 4.58. The third-order valence-corrected chi connectivity index (χ3v) is 2.17. The second kappa shape index (κ2) is 3.64. The van der Waals surface area contributed by atoms with Gasteiger partial charge in [0, 0.05) is 11.9 Å². The number of nitriles is 1. The molecule has 1 heterocycles. The van der Waals surface area contributed by atoms with Crippen molar-refractivity contribution in [2.45, 2.75) is 0 Å². The van der Waals surface area contributed by atoms with Crippen LogP contribution in [0.1, 0.15) is 5.56 Å². The Balaban J connectivity index is 2.51. The molecule has 5 heteroatoms. The molecule has 0 unspecified atom stereocenters. The van der Waals surface area contributed by atoms with E-state index in [1.54, 1.807) is 29.1 Å². The molecule has 2 aromatic rings. The quantitative estimate of drug-likeness (QED) is 0.745. The van der Waals surface area contributed by atoms with Gasteiger partial charge < -0.3 is 5.73 Å². The zero-order valence-corrected chi connectivity index (χ0v) is 8.44. The molecular formula is C10H7ClN4. The molecule has 0 aliphatic rings. The van der Waals surface area contributed by atoms with Crippen LogP contribution in [0.4, 0.5) is 5.69 Å². The molecule has 0 aliphatic carbocycles. The first-order valence-electron chi connectivity index (χ1n) is 4.21. The van der Waals surface area contributed by atoms with E-state index in [0.717, 1.165) is 5.69 Å². The number of nitrogen functional groups attached to an aromatic ring is 1. The number of aromatic nitrogens is 2. The van der Waals surface area contributed by atoms with Gasteiger partial charge in [-0.1, -0.05) is 11.6 Å². The Hall–Kier alpha value is -1.99. The lowest BCUT2D eigenvalue weighted by Gasteiger charge is -2.02. The molecule has 0 spiro atoms. The zero-order valence-electron chi connectivity index (χ0n) is 7.68. The summed E-state index contributed by atoms with van der Waals surface area (Å²) in [6, 6.07) is 7.13. The fourth-order valence-electron chi connectivity index (χ4n) is 1.23. The van der Waals surface area contributed by atoms with Gasteiger partial charge in [-0.05, 0) is 18.2 Å². The van der Waals surface area contributed by atoms with Gasteiger partial charge in [0.15, 0.2) is 0 Å². The maximum absolute atomic E-state index is 8.81. The first-order chi connectivity index (χ1) is 7.20. The van der Waals surface area contributed by atoms with Crippen molar-refractivity contribution >= 4 is 17.3 Å². The lowest BCUT2D eigenvalue weighted by atomic mass is 10.2. The molecule has 1 aromatic carbocycles. The van der Waals surface area contributed by atoms with E-state index in [-0.39, 0.29) is 0 Å². The molecule has 0 saturated heterocycles. The predicted molar refractivity (Wildman–Crippen MR) is 57.7 cm³/mol. The Labute approximate surface area is 91.5 Å². The van der Waals surface area contributed by atoms with Crippen LogP contribution in [0.2, 0.25) is 5.02 Å². The van der Waals surface area contributed by atoms with Crippen LogP contribution in [-0.4, -0.2) is 9.78 Å². The van der Waals surface area contributed by atoms with Gasteiger partial charge in [0.1, 0.15) is 6.07 Å². The Kier molecular flexibility index (Phi) is 2.32. The summed E-state index contributed by atoms with van der Waals surface area (Å²) in [5, 5.41) is 13.4. The number of benzene rings is 1. The molecule has 0 aliphatic heterocycles. The van der Waals surface area contributed by atoms with E-state index in [1.807, 2.05) is 6.07 Å². The number of anilines is 1. The highest BCUT2D eigenvalue weighted by molar-refractivity contribution is 6.30. The summed E-state index contributed by atoms with van der Waals surface area (Å²) in [5.41, 5.74) is 7.25. The number of hydrogen-bond acceptors (Lipinski definition) is 3. The average Bonchev–Trinajstić information content (AvgIpc) is 2.66. The van der Waals surface area contributed by atoms with E-state index in [2.05, 4.69) is 5.10 Å². The largest absolute Gasteiger partial charge is 0.398 e. The fourth-order valence-corrected chi connectivity index (χ4v) is 1.36. The minimum absolute atomic E-state index is 0.430. The van der Waals surface area contributed by atoms with E-state index in [9.17, 15) is 0 Å². The Morgan fingerprint density at radius 3 is 2.87 bits per heavy atom. The number of hydrogen-bond donors (Lipinski definition) is 1. The minimum Gasteiger partial charge on any atom is -0.398 e. The summed E-state index contributed by atoms with van der Waals surface area (Å²) in [7, 11) is 0. The van der Waals surface area contributed by atoms with E-state index in [4.69, 9.17) is 22.6 Å². The SMILES string of the molecule is N#Cc1cc(-n2cc(Cl)cn2)ccc1N. The fraction of sp³-hybridized carbons (Fsp3) is 0. The monoisotopic (exact) mass is 218 g/mol. The van der Waals surface area contributed by atoms with E-state index in [1.165, 1.54) is 6.20 Å². The summed E-state index contributed by atoms with van der Waals surface area (Å²) < 4.78 is 1.59. The van der Waals surface area contributed by atoms with Crippen LogP contribution in [-0.2, 0) is 0 Å². The molecule has 0 radical (unpaired) electrons. The van der Waals surface area contributed by atoms with Crippen molar-refractivity contribution in [2.24, 2.45) is 0 Å². The molecule has 0 fully saturated rings. The summed E-state index contributed by atoms with van der Waals surface area (Å²) >= 11 is 5.74. The molecular weight excluding hydrogens is 212 g/mol. The average molecular weight is 219 g/mol. The summed E-state index contributed by atoms with van der Waals surface area (Å²) in [6.45, 7) is 0. The van der Waals surface area contributed by atoms with Crippen LogP contribution in [0.15, 0.2) is 30.6 Å². The van der Waals surface area contributed by atoms with E-state index in [0.29, 0.717) is 16.3 Å². The van der Waals surface area contributed by atoms with Gasteiger partial charge in [-0.3, -0.25) is 0 Å². The first kappa shape index (κ1) is 9.56. The Morgan fingerprint density at radius 1 is 1.47 bits per heavy atom. The predicted octanol–water partition coefficient (Wildman–Crippen LogP) is 1.98. The highest BCUT2D eigenvalue weighted by Crippen LogP contribution is 2.17. The topological polar surface area (TPSA) is 67.6 Å². The van der Waals surface area contributed by atoms with Gasteiger partial charge in [0.2, 0.25) is 0 Å². The van der Waals surface area contributed by atoms with Gasteiger partial charge in [0.05, 0.1) is 22.5 Å². The lowest BCUT2D eigenvalue weighted by molar-refractivity contribution is 0.880. The van der Waals surface area contributed by atoms with E-state index < -0.39 is 0 Å². The molecule has 0 bridgehead atoms. The van der Waals surface area contributed by atoms with Gasteiger partial charge in [-0.2, -0.15) is 10.4 Å². The van der Waals surface area contributed by atoms with Gasteiger partial charge in [0.25, 0.3) is 0 Å². The van der Waals surface area contributed by atoms with Gasteiger partial charge in [-0.15, -0.1) is 0 Å². The van der Waals surface area contributed by atoms with Crippen molar-refractivity contribution < 1.29 is 0 Å². The number of nitrogens with two attached hydrogens (primary N) is 1. The smallest absolute Gasteiger partial charge is 0.101 e. The van der Waals surface area contributed by atoms with Crippen molar-refractivity contribution in [2.75, 3.05) is 5.73 Å². The number of nitrogens with zero attached hydrogens (tertiary/aromatic N) is 3. The molecule has 0 atom stereocenters.